The van der Waals surface area contributed by atoms with Crippen LogP contribution in [-0.4, -0.2) is 41.1 Å². The SMILES string of the molecule is CN(CC1(O)CCCC1)C(=O)CC1CCCC(N)C1. The highest BCUT2D eigenvalue weighted by molar-refractivity contribution is 5.76. The average Bonchev–Trinajstić information content (AvgIpc) is 2.75. The fraction of sp³-hybridized carbons (Fsp3) is 0.933. The number of nitrogens with zero attached hydrogens (tertiary/aromatic N) is 1. The summed E-state index contributed by atoms with van der Waals surface area (Å²) in [7, 11) is 1.82. The molecule has 2 aliphatic carbocycles. The molecule has 0 radical (unpaired) electrons. The summed E-state index contributed by atoms with van der Waals surface area (Å²) in [5.74, 6) is 0.608. The third kappa shape index (κ3) is 4.18. The van der Waals surface area contributed by atoms with Crippen molar-refractivity contribution in [3.8, 4) is 0 Å². The van der Waals surface area contributed by atoms with Gasteiger partial charge >= 0.3 is 0 Å². The molecule has 2 saturated carbocycles. The number of carbonyl (C=O) groups is 1. The van der Waals surface area contributed by atoms with Crippen LogP contribution in [-0.2, 0) is 4.79 Å². The molecule has 0 bridgehead atoms. The van der Waals surface area contributed by atoms with Crippen LogP contribution in [0.5, 0.6) is 0 Å². The monoisotopic (exact) mass is 268 g/mol. The minimum Gasteiger partial charge on any atom is -0.388 e. The van der Waals surface area contributed by atoms with E-state index in [0.29, 0.717) is 18.9 Å². The lowest BCUT2D eigenvalue weighted by Gasteiger charge is -2.31. The number of nitrogens with two attached hydrogens (primary N) is 1. The Kier molecular flexibility index (Phi) is 4.85. The first-order valence-electron chi connectivity index (χ1n) is 7.70. The summed E-state index contributed by atoms with van der Waals surface area (Å²) in [6.07, 6.45) is 8.76. The molecule has 4 nitrogen and oxygen atoms in total. The standard InChI is InChI=1S/C15H28N2O2/c1-17(11-15(19)7-2-3-8-15)14(18)10-12-5-4-6-13(16)9-12/h12-13,19H,2-11,16H2,1H3. The molecule has 1 amide bonds. The van der Waals surface area contributed by atoms with Gasteiger partial charge < -0.3 is 15.7 Å². The Morgan fingerprint density at radius 1 is 1.32 bits per heavy atom. The van der Waals surface area contributed by atoms with Gasteiger partial charge in [-0.3, -0.25) is 4.79 Å². The second-order valence-electron chi connectivity index (χ2n) is 6.68. The van der Waals surface area contributed by atoms with Crippen LogP contribution in [0.25, 0.3) is 0 Å². The van der Waals surface area contributed by atoms with E-state index < -0.39 is 5.60 Å². The Hall–Kier alpha value is -0.610. The largest absolute Gasteiger partial charge is 0.388 e. The van der Waals surface area contributed by atoms with Gasteiger partial charge in [0.05, 0.1) is 5.60 Å². The van der Waals surface area contributed by atoms with E-state index in [1.165, 1.54) is 0 Å². The summed E-state index contributed by atoms with van der Waals surface area (Å²) in [6, 6.07) is 0.274. The average molecular weight is 268 g/mol. The second-order valence-corrected chi connectivity index (χ2v) is 6.68. The summed E-state index contributed by atoms with van der Waals surface area (Å²) in [5.41, 5.74) is 5.33. The molecule has 0 heterocycles. The zero-order valence-corrected chi connectivity index (χ0v) is 12.1. The van der Waals surface area contributed by atoms with Crippen molar-refractivity contribution in [2.45, 2.75) is 69.4 Å². The first-order valence-corrected chi connectivity index (χ1v) is 7.70. The fourth-order valence-electron chi connectivity index (χ4n) is 3.64. The molecule has 0 saturated heterocycles. The van der Waals surface area contributed by atoms with Crippen LogP contribution in [0.3, 0.4) is 0 Å². The Bertz CT molecular complexity index is 313. The van der Waals surface area contributed by atoms with Crippen LogP contribution >= 0.6 is 0 Å². The highest BCUT2D eigenvalue weighted by Gasteiger charge is 2.34. The van der Waals surface area contributed by atoms with E-state index in [0.717, 1.165) is 51.4 Å². The van der Waals surface area contributed by atoms with Crippen molar-refractivity contribution in [2.75, 3.05) is 13.6 Å². The smallest absolute Gasteiger partial charge is 0.222 e. The van der Waals surface area contributed by atoms with Gasteiger partial charge in [-0.2, -0.15) is 0 Å². The van der Waals surface area contributed by atoms with Gasteiger partial charge in [-0.25, -0.2) is 0 Å². The lowest BCUT2D eigenvalue weighted by Crippen LogP contribution is -2.42. The van der Waals surface area contributed by atoms with Crippen LogP contribution < -0.4 is 5.73 Å². The van der Waals surface area contributed by atoms with Crippen molar-refractivity contribution in [2.24, 2.45) is 11.7 Å². The molecule has 2 atom stereocenters. The van der Waals surface area contributed by atoms with Gasteiger partial charge in [-0.15, -0.1) is 0 Å². The quantitative estimate of drug-likeness (QED) is 0.815. The lowest BCUT2D eigenvalue weighted by atomic mass is 9.84. The van der Waals surface area contributed by atoms with Gasteiger partial charge in [0.1, 0.15) is 0 Å². The van der Waals surface area contributed by atoms with E-state index in [4.69, 9.17) is 5.73 Å². The van der Waals surface area contributed by atoms with Crippen LogP contribution in [0.2, 0.25) is 0 Å². The maximum absolute atomic E-state index is 12.2. The highest BCUT2D eigenvalue weighted by atomic mass is 16.3. The molecule has 0 spiro atoms. The number of likely N-dealkylation sites (N-methyl/N-ethyl adjacent to an activating group) is 1. The van der Waals surface area contributed by atoms with E-state index in [9.17, 15) is 9.90 Å². The molecule has 4 heteroatoms. The van der Waals surface area contributed by atoms with E-state index in [1.807, 2.05) is 7.05 Å². The van der Waals surface area contributed by atoms with Crippen LogP contribution in [0.15, 0.2) is 0 Å². The number of rotatable bonds is 4. The van der Waals surface area contributed by atoms with Crippen LogP contribution in [0.1, 0.15) is 57.8 Å². The van der Waals surface area contributed by atoms with Gasteiger partial charge in [-0.05, 0) is 38.0 Å². The van der Waals surface area contributed by atoms with Crippen molar-refractivity contribution >= 4 is 5.91 Å². The molecule has 3 N–H and O–H groups in total. The minimum absolute atomic E-state index is 0.166. The van der Waals surface area contributed by atoms with Crippen molar-refractivity contribution in [3.63, 3.8) is 0 Å². The van der Waals surface area contributed by atoms with E-state index in [-0.39, 0.29) is 11.9 Å². The van der Waals surface area contributed by atoms with Crippen molar-refractivity contribution in [1.82, 2.24) is 4.90 Å². The van der Waals surface area contributed by atoms with Crippen LogP contribution in [0.4, 0.5) is 0 Å². The van der Waals surface area contributed by atoms with Gasteiger partial charge in [0.25, 0.3) is 0 Å². The third-order valence-corrected chi connectivity index (χ3v) is 4.78. The van der Waals surface area contributed by atoms with E-state index >= 15 is 0 Å². The predicted molar refractivity (Wildman–Crippen MR) is 75.6 cm³/mol. The summed E-state index contributed by atoms with van der Waals surface area (Å²) >= 11 is 0. The van der Waals surface area contributed by atoms with Crippen molar-refractivity contribution in [3.05, 3.63) is 0 Å². The highest BCUT2D eigenvalue weighted by Crippen LogP contribution is 2.31. The molecule has 19 heavy (non-hydrogen) atoms. The Morgan fingerprint density at radius 2 is 2.00 bits per heavy atom. The summed E-state index contributed by atoms with van der Waals surface area (Å²) < 4.78 is 0. The minimum atomic E-state index is -0.632. The molecular weight excluding hydrogens is 240 g/mol. The molecule has 2 rings (SSSR count). The summed E-state index contributed by atoms with van der Waals surface area (Å²) in [4.78, 5) is 13.9. The first kappa shape index (κ1) is 14.8. The first-order chi connectivity index (χ1) is 8.98. The predicted octanol–water partition coefficient (Wildman–Crippen LogP) is 1.66. The summed E-state index contributed by atoms with van der Waals surface area (Å²) in [5, 5.41) is 10.3. The molecule has 2 unspecified atom stereocenters. The van der Waals surface area contributed by atoms with Crippen molar-refractivity contribution in [1.29, 1.82) is 0 Å². The molecular formula is C15H28N2O2. The van der Waals surface area contributed by atoms with Crippen LogP contribution in [0, 0.1) is 5.92 Å². The lowest BCUT2D eigenvalue weighted by molar-refractivity contribution is -0.134. The zero-order chi connectivity index (χ0) is 13.9. The summed E-state index contributed by atoms with van der Waals surface area (Å²) in [6.45, 7) is 0.491. The normalized spacial score (nSPS) is 30.3. The van der Waals surface area contributed by atoms with E-state index in [2.05, 4.69) is 0 Å². The van der Waals surface area contributed by atoms with Gasteiger partial charge in [0.15, 0.2) is 0 Å². The maximum Gasteiger partial charge on any atom is 0.222 e. The topological polar surface area (TPSA) is 66.6 Å². The number of aliphatic hydroxyl groups is 1. The maximum atomic E-state index is 12.2. The zero-order valence-electron chi connectivity index (χ0n) is 12.1. The van der Waals surface area contributed by atoms with Crippen molar-refractivity contribution < 1.29 is 9.90 Å². The van der Waals surface area contributed by atoms with Gasteiger partial charge in [-0.1, -0.05) is 19.3 Å². The molecule has 0 aliphatic heterocycles. The number of hydrogen-bond donors (Lipinski definition) is 2. The number of amides is 1. The number of hydrogen-bond acceptors (Lipinski definition) is 3. The fourth-order valence-corrected chi connectivity index (χ4v) is 3.64. The van der Waals surface area contributed by atoms with Gasteiger partial charge in [0, 0.05) is 26.1 Å². The molecule has 0 aromatic rings. The molecule has 0 aromatic heterocycles. The Labute approximate surface area is 116 Å². The molecule has 110 valence electrons. The molecule has 2 fully saturated rings. The molecule has 0 aromatic carbocycles. The Morgan fingerprint density at radius 3 is 2.63 bits per heavy atom. The second kappa shape index (κ2) is 6.23. The molecule has 2 aliphatic rings. The third-order valence-electron chi connectivity index (χ3n) is 4.78. The van der Waals surface area contributed by atoms with Gasteiger partial charge in [0.2, 0.25) is 5.91 Å². The number of carbonyl (C=O) groups excluding carboxylic acids is 1. The Balaban J connectivity index is 1.78. The van der Waals surface area contributed by atoms with E-state index in [1.54, 1.807) is 4.90 Å².